The van der Waals surface area contributed by atoms with Gasteiger partial charge in [-0.2, -0.15) is 0 Å². The van der Waals surface area contributed by atoms with Gasteiger partial charge in [-0.1, -0.05) is 121 Å². The van der Waals surface area contributed by atoms with E-state index in [9.17, 15) is 10.2 Å². The highest BCUT2D eigenvalue weighted by Crippen LogP contribution is 2.48. The van der Waals surface area contributed by atoms with E-state index in [1.165, 1.54) is 0 Å². The SMILES string of the molecule is OCc1cccc(-c2cccc(Oc3ccc4ccccc4c3-c3c(Oc4cccc(-c5cccc(CO)c5)c4)ccc4ccccc34)c2)c1. The lowest BCUT2D eigenvalue weighted by atomic mass is 9.92. The van der Waals surface area contributed by atoms with Crippen LogP contribution in [0.3, 0.4) is 0 Å². The van der Waals surface area contributed by atoms with Gasteiger partial charge in [0, 0.05) is 11.1 Å². The second kappa shape index (κ2) is 13.7. The Bertz CT molecular complexity index is 2310. The van der Waals surface area contributed by atoms with Crippen molar-refractivity contribution < 1.29 is 19.7 Å². The number of rotatable bonds is 9. The molecule has 8 aromatic rings. The molecule has 0 aliphatic carbocycles. The summed E-state index contributed by atoms with van der Waals surface area (Å²) in [6, 6.07) is 56.9. The minimum atomic E-state index is -0.0128. The first kappa shape index (κ1) is 31.1. The molecule has 0 radical (unpaired) electrons. The first-order valence-corrected chi connectivity index (χ1v) is 16.7. The third kappa shape index (κ3) is 6.22. The molecule has 4 heteroatoms. The van der Waals surface area contributed by atoms with Crippen molar-refractivity contribution in [2.45, 2.75) is 13.2 Å². The van der Waals surface area contributed by atoms with Crippen LogP contribution in [0.2, 0.25) is 0 Å². The summed E-state index contributed by atoms with van der Waals surface area (Å²) in [6.07, 6.45) is 0. The van der Waals surface area contributed by atoms with E-state index in [0.29, 0.717) is 23.0 Å². The van der Waals surface area contributed by atoms with E-state index in [1.807, 2.05) is 97.1 Å². The van der Waals surface area contributed by atoms with Crippen LogP contribution in [-0.4, -0.2) is 10.2 Å². The lowest BCUT2D eigenvalue weighted by Crippen LogP contribution is -1.95. The number of hydrogen-bond donors (Lipinski definition) is 2. The fraction of sp³-hybridized carbons (Fsp3) is 0.0435. The van der Waals surface area contributed by atoms with Gasteiger partial charge in [0.2, 0.25) is 0 Å². The van der Waals surface area contributed by atoms with Crippen molar-refractivity contribution in [2.75, 3.05) is 0 Å². The number of ether oxygens (including phenoxy) is 2. The maximum Gasteiger partial charge on any atom is 0.136 e. The summed E-state index contributed by atoms with van der Waals surface area (Å²) in [7, 11) is 0. The van der Waals surface area contributed by atoms with Crippen LogP contribution in [0.5, 0.6) is 23.0 Å². The van der Waals surface area contributed by atoms with Crippen LogP contribution in [0.25, 0.3) is 54.9 Å². The lowest BCUT2D eigenvalue weighted by molar-refractivity contribution is 0.281. The Hall–Kier alpha value is -6.20. The standard InChI is InChI=1S/C46H34O4/c47-29-31-9-5-13-35(25-31)37-15-7-17-39(27-37)49-43-23-21-33-11-1-3-19-41(33)45(43)46-42-20-4-2-12-34(42)22-24-44(46)50-40-18-8-16-38(28-40)36-14-6-10-32(26-36)30-48/h1-28,47-48H,29-30H2. The van der Waals surface area contributed by atoms with E-state index in [0.717, 1.165) is 66.1 Å². The highest BCUT2D eigenvalue weighted by atomic mass is 16.5. The molecule has 0 atom stereocenters. The Morgan fingerprint density at radius 1 is 0.360 bits per heavy atom. The van der Waals surface area contributed by atoms with E-state index in [1.54, 1.807) is 0 Å². The van der Waals surface area contributed by atoms with Crippen LogP contribution in [-0.2, 0) is 13.2 Å². The minimum absolute atomic E-state index is 0.0128. The second-order valence-corrected chi connectivity index (χ2v) is 12.3. The van der Waals surface area contributed by atoms with Gasteiger partial charge in [-0.3, -0.25) is 0 Å². The van der Waals surface area contributed by atoms with E-state index >= 15 is 0 Å². The smallest absolute Gasteiger partial charge is 0.136 e. The molecular weight excluding hydrogens is 617 g/mol. The van der Waals surface area contributed by atoms with E-state index in [2.05, 4.69) is 72.8 Å². The van der Waals surface area contributed by atoms with Gasteiger partial charge < -0.3 is 19.7 Å². The molecule has 0 amide bonds. The summed E-state index contributed by atoms with van der Waals surface area (Å²) >= 11 is 0. The first-order chi connectivity index (χ1) is 24.7. The molecule has 242 valence electrons. The second-order valence-electron chi connectivity index (χ2n) is 12.3. The maximum absolute atomic E-state index is 9.72. The van der Waals surface area contributed by atoms with Crippen molar-refractivity contribution in [3.63, 3.8) is 0 Å². The zero-order valence-corrected chi connectivity index (χ0v) is 27.3. The Morgan fingerprint density at radius 3 is 1.20 bits per heavy atom. The van der Waals surface area contributed by atoms with Crippen LogP contribution in [0.4, 0.5) is 0 Å². The van der Waals surface area contributed by atoms with Crippen LogP contribution in [0, 0.1) is 0 Å². The Morgan fingerprint density at radius 2 is 0.760 bits per heavy atom. The molecule has 0 unspecified atom stereocenters. The number of aliphatic hydroxyl groups is 2. The predicted octanol–water partition coefficient (Wildman–Crippen LogP) is 11.6. The number of fused-ring (bicyclic) bond motifs is 2. The number of aliphatic hydroxyl groups excluding tert-OH is 2. The summed E-state index contributed by atoms with van der Waals surface area (Å²) in [5, 5.41) is 23.7. The molecule has 0 fully saturated rings. The molecule has 0 heterocycles. The van der Waals surface area contributed by atoms with Crippen LogP contribution in [0.1, 0.15) is 11.1 Å². The molecule has 0 aliphatic rings. The van der Waals surface area contributed by atoms with Crippen LogP contribution >= 0.6 is 0 Å². The van der Waals surface area contributed by atoms with Crippen molar-refractivity contribution in [3.05, 3.63) is 181 Å². The molecule has 4 nitrogen and oxygen atoms in total. The maximum atomic E-state index is 9.72. The molecule has 0 saturated heterocycles. The van der Waals surface area contributed by atoms with Gasteiger partial charge in [0.15, 0.2) is 0 Å². The lowest BCUT2D eigenvalue weighted by Gasteiger charge is -2.20. The summed E-state index contributed by atoms with van der Waals surface area (Å²) in [5.41, 5.74) is 7.62. The molecule has 50 heavy (non-hydrogen) atoms. The summed E-state index contributed by atoms with van der Waals surface area (Å²) in [5.74, 6) is 2.82. The van der Waals surface area contributed by atoms with E-state index in [-0.39, 0.29) is 13.2 Å². The molecule has 8 rings (SSSR count). The Balaban J connectivity index is 1.27. The molecule has 0 aromatic heterocycles. The molecule has 0 saturated carbocycles. The van der Waals surface area contributed by atoms with Crippen molar-refractivity contribution >= 4 is 21.5 Å². The third-order valence-corrected chi connectivity index (χ3v) is 9.04. The van der Waals surface area contributed by atoms with Crippen molar-refractivity contribution in [1.29, 1.82) is 0 Å². The molecule has 0 spiro atoms. The fourth-order valence-corrected chi connectivity index (χ4v) is 6.62. The molecule has 8 aromatic carbocycles. The number of hydrogen-bond acceptors (Lipinski definition) is 4. The highest BCUT2D eigenvalue weighted by Gasteiger charge is 2.20. The van der Waals surface area contributed by atoms with Crippen molar-refractivity contribution in [3.8, 4) is 56.4 Å². The third-order valence-electron chi connectivity index (χ3n) is 9.04. The van der Waals surface area contributed by atoms with Crippen LogP contribution in [0.15, 0.2) is 170 Å². The van der Waals surface area contributed by atoms with Crippen molar-refractivity contribution in [1.82, 2.24) is 0 Å². The molecular formula is C46H34O4. The average molecular weight is 651 g/mol. The topological polar surface area (TPSA) is 58.9 Å². The van der Waals surface area contributed by atoms with Gasteiger partial charge in [0.05, 0.1) is 13.2 Å². The summed E-state index contributed by atoms with van der Waals surface area (Å²) in [4.78, 5) is 0. The Labute approximate surface area is 291 Å². The first-order valence-electron chi connectivity index (χ1n) is 16.7. The average Bonchev–Trinajstić information content (AvgIpc) is 3.18. The summed E-state index contributed by atoms with van der Waals surface area (Å²) in [6.45, 7) is -0.0256. The van der Waals surface area contributed by atoms with E-state index in [4.69, 9.17) is 9.47 Å². The zero-order valence-electron chi connectivity index (χ0n) is 27.3. The molecule has 2 N–H and O–H groups in total. The fourth-order valence-electron chi connectivity index (χ4n) is 6.62. The molecule has 0 aliphatic heterocycles. The zero-order chi connectivity index (χ0) is 33.9. The van der Waals surface area contributed by atoms with Crippen molar-refractivity contribution in [2.24, 2.45) is 0 Å². The van der Waals surface area contributed by atoms with Crippen LogP contribution < -0.4 is 9.47 Å². The van der Waals surface area contributed by atoms with E-state index < -0.39 is 0 Å². The molecule has 0 bridgehead atoms. The largest absolute Gasteiger partial charge is 0.457 e. The van der Waals surface area contributed by atoms with Gasteiger partial charge in [0.25, 0.3) is 0 Å². The minimum Gasteiger partial charge on any atom is -0.457 e. The monoisotopic (exact) mass is 650 g/mol. The highest BCUT2D eigenvalue weighted by molar-refractivity contribution is 6.10. The quantitative estimate of drug-likeness (QED) is 0.163. The van der Waals surface area contributed by atoms with Gasteiger partial charge in [-0.15, -0.1) is 0 Å². The van der Waals surface area contributed by atoms with Gasteiger partial charge in [-0.25, -0.2) is 0 Å². The summed E-state index contributed by atoms with van der Waals surface area (Å²) < 4.78 is 13.6. The van der Waals surface area contributed by atoms with Gasteiger partial charge in [0.1, 0.15) is 23.0 Å². The normalized spacial score (nSPS) is 11.2. The van der Waals surface area contributed by atoms with Gasteiger partial charge in [-0.05, 0) is 103 Å². The number of benzene rings is 8. The van der Waals surface area contributed by atoms with Gasteiger partial charge >= 0.3 is 0 Å². The predicted molar refractivity (Wildman–Crippen MR) is 203 cm³/mol. The Kier molecular flexibility index (Phi) is 8.54.